The van der Waals surface area contributed by atoms with Crippen LogP contribution in [0.4, 0.5) is 0 Å². The maximum atomic E-state index is 8.28. The molecule has 0 N–H and O–H groups in total. The van der Waals surface area contributed by atoms with E-state index < -0.39 is 21.5 Å². The predicted molar refractivity (Wildman–Crippen MR) is 144 cm³/mol. The van der Waals surface area contributed by atoms with Gasteiger partial charge in [-0.1, -0.05) is 0 Å². The Labute approximate surface area is 203 Å². The second-order valence-electron chi connectivity index (χ2n) is 10.5. The number of rotatable bonds is 5. The number of hydrogen-bond acceptors (Lipinski definition) is 0. The second-order valence-corrected chi connectivity index (χ2v) is 53.0. The molecular weight excluding hydrogens is 527 g/mol. The Kier molecular flexibility index (Phi) is 6.46. The molecule has 0 aliphatic heterocycles. The van der Waals surface area contributed by atoms with Crippen LogP contribution in [0.5, 0.6) is 0 Å². The van der Waals surface area contributed by atoms with Crippen LogP contribution in [0.1, 0.15) is 79.5 Å². The van der Waals surface area contributed by atoms with Crippen molar-refractivity contribution in [2.24, 2.45) is 0 Å². The zero-order chi connectivity index (χ0) is 23.6. The van der Waals surface area contributed by atoms with Crippen molar-refractivity contribution in [3.8, 4) is 0 Å². The molecule has 4 rings (SSSR count). The quantitative estimate of drug-likeness (QED) is 0.319. The van der Waals surface area contributed by atoms with Gasteiger partial charge in [0.25, 0.3) is 0 Å². The number of allylic oxidation sites excluding steroid dienone is 2. The molecule has 2 aromatic rings. The summed E-state index contributed by atoms with van der Waals surface area (Å²) in [5.74, 6) is -1.45. The van der Waals surface area contributed by atoms with Gasteiger partial charge in [0.1, 0.15) is 0 Å². The van der Waals surface area contributed by atoms with Gasteiger partial charge in [0.2, 0.25) is 0 Å². The fraction of sp³-hybridized carbons (Fsp3) is 0.429. The number of aryl methyl sites for hydroxylation is 4. The van der Waals surface area contributed by atoms with Crippen LogP contribution in [0, 0.1) is 13.8 Å². The van der Waals surface area contributed by atoms with Crippen molar-refractivity contribution in [2.45, 2.75) is 74.7 Å². The third kappa shape index (κ3) is 3.30. The van der Waals surface area contributed by atoms with E-state index in [-0.39, 0.29) is 7.25 Å². The summed E-state index contributed by atoms with van der Waals surface area (Å²) in [5.41, 5.74) is 14.1. The van der Waals surface area contributed by atoms with E-state index >= 15 is 0 Å². The van der Waals surface area contributed by atoms with Gasteiger partial charge in [-0.3, -0.25) is 0 Å². The summed E-state index contributed by atoms with van der Waals surface area (Å²) in [4.78, 5) is 0. The van der Waals surface area contributed by atoms with Crippen LogP contribution in [0.3, 0.4) is 0 Å². The van der Waals surface area contributed by atoms with Crippen LogP contribution in [0.25, 0.3) is 12.2 Å². The van der Waals surface area contributed by atoms with Crippen LogP contribution in [-0.4, -0.2) is 5.92 Å². The number of fused-ring (bicyclic) bond motifs is 2. The molecule has 171 valence electrons. The molecule has 2 aliphatic carbocycles. The Morgan fingerprint density at radius 2 is 1.09 bits per heavy atom. The SMILES string of the molecule is CCc1ccc(C)c2c1C=C(C)[CH]2[Zr]([Cl])([Cl])([CH]1C(C)=Cc2c(CC)ccc(C)c21)[SiH](C)C. The molecule has 2 aromatic carbocycles. The first-order valence-corrected chi connectivity index (χ1v) is 28.5. The minimum absolute atomic E-state index is 0.205. The van der Waals surface area contributed by atoms with Crippen LogP contribution < -0.4 is 0 Å². The number of hydrogen-bond donors (Lipinski definition) is 0. The van der Waals surface area contributed by atoms with E-state index in [4.69, 9.17) is 17.0 Å². The minimum atomic E-state index is -4.50. The zero-order valence-electron chi connectivity index (χ0n) is 20.9. The fourth-order valence-corrected chi connectivity index (χ4v) is 39.6. The topological polar surface area (TPSA) is 0 Å². The Morgan fingerprint density at radius 3 is 1.41 bits per heavy atom. The van der Waals surface area contributed by atoms with Crippen molar-refractivity contribution < 1.29 is 15.6 Å². The second kappa shape index (κ2) is 8.37. The average Bonchev–Trinajstić information content (AvgIpc) is 3.28. The first-order chi connectivity index (χ1) is 15.0. The third-order valence-electron chi connectivity index (χ3n) is 8.39. The third-order valence-corrected chi connectivity index (χ3v) is 60.5. The van der Waals surface area contributed by atoms with Gasteiger partial charge in [0.15, 0.2) is 0 Å². The van der Waals surface area contributed by atoms with Crippen LogP contribution in [-0.2, 0) is 28.4 Å². The molecule has 0 nitrogen and oxygen atoms in total. The molecule has 0 saturated heterocycles. The molecule has 4 heteroatoms. The number of halogens is 2. The van der Waals surface area contributed by atoms with Gasteiger partial charge in [-0.05, 0) is 0 Å². The maximum absolute atomic E-state index is 8.28. The molecule has 2 atom stereocenters. The molecule has 2 aliphatic rings. The van der Waals surface area contributed by atoms with E-state index in [1.807, 2.05) is 0 Å². The van der Waals surface area contributed by atoms with Crippen molar-refractivity contribution in [1.82, 2.24) is 0 Å². The molecule has 0 radical (unpaired) electrons. The van der Waals surface area contributed by atoms with Gasteiger partial charge in [-0.25, -0.2) is 0 Å². The summed E-state index contributed by atoms with van der Waals surface area (Å²) >= 11 is -4.50. The summed E-state index contributed by atoms with van der Waals surface area (Å²) in [6.45, 7) is 18.5. The normalized spacial score (nSPS) is 21.2. The van der Waals surface area contributed by atoms with E-state index in [0.29, 0.717) is 0 Å². The molecule has 0 heterocycles. The van der Waals surface area contributed by atoms with Crippen molar-refractivity contribution in [3.63, 3.8) is 0 Å². The van der Waals surface area contributed by atoms with Crippen molar-refractivity contribution in [1.29, 1.82) is 0 Å². The monoisotopic (exact) mass is 561 g/mol. The Hall–Kier alpha value is -0.400. The van der Waals surface area contributed by atoms with Crippen molar-refractivity contribution in [3.05, 3.63) is 79.9 Å². The molecule has 2 unspecified atom stereocenters. The molecule has 0 spiro atoms. The van der Waals surface area contributed by atoms with Crippen molar-refractivity contribution >= 4 is 35.1 Å². The molecule has 0 bridgehead atoms. The summed E-state index contributed by atoms with van der Waals surface area (Å²) in [6.07, 6.45) is 6.92. The molecule has 32 heavy (non-hydrogen) atoms. The molecule has 0 amide bonds. The van der Waals surface area contributed by atoms with Gasteiger partial charge >= 0.3 is 205 Å². The Balaban J connectivity index is 2.05. The van der Waals surface area contributed by atoms with Gasteiger partial charge in [-0.15, -0.1) is 0 Å². The van der Waals surface area contributed by atoms with Gasteiger partial charge < -0.3 is 0 Å². The first kappa shape index (κ1) is 24.7. The van der Waals surface area contributed by atoms with Crippen LogP contribution in [0.15, 0.2) is 35.4 Å². The van der Waals surface area contributed by atoms with E-state index in [1.165, 1.54) is 55.7 Å². The van der Waals surface area contributed by atoms with E-state index in [0.717, 1.165) is 12.8 Å². The summed E-state index contributed by atoms with van der Waals surface area (Å²) in [7, 11) is 16.6. The molecule has 0 fully saturated rings. The fourth-order valence-electron chi connectivity index (χ4n) is 6.64. The average molecular weight is 564 g/mol. The van der Waals surface area contributed by atoms with Crippen LogP contribution >= 0.6 is 17.0 Å². The van der Waals surface area contributed by atoms with E-state index in [9.17, 15) is 0 Å². The summed E-state index contributed by atoms with van der Waals surface area (Å²) < 4.78 is 0.411. The summed E-state index contributed by atoms with van der Waals surface area (Å²) in [5, 5.41) is 0. The van der Waals surface area contributed by atoms with E-state index in [1.54, 1.807) is 0 Å². The number of benzene rings is 2. The van der Waals surface area contributed by atoms with Gasteiger partial charge in [-0.2, -0.15) is 0 Å². The molecule has 0 saturated carbocycles. The Bertz CT molecular complexity index is 1090. The molecule has 0 aromatic heterocycles. The Morgan fingerprint density at radius 1 is 0.719 bits per heavy atom. The van der Waals surface area contributed by atoms with E-state index in [2.05, 4.69) is 91.1 Å². The van der Waals surface area contributed by atoms with Crippen LogP contribution in [0.2, 0.25) is 13.1 Å². The van der Waals surface area contributed by atoms with Gasteiger partial charge in [0.05, 0.1) is 0 Å². The van der Waals surface area contributed by atoms with Crippen molar-refractivity contribution in [2.75, 3.05) is 0 Å². The standard InChI is InChI=1S/2C13H15.C2H7Si.2ClH.Zr/c2*1-4-11-6-5-10(3)12-7-9(2)8-13(11)12;1-3-2;;;/h2*5-8H,4H2,1-3H3;3H,1-2H3;2*1H;/q;;;;;+2/p-2. The first-order valence-electron chi connectivity index (χ1n) is 12.2. The van der Waals surface area contributed by atoms with Gasteiger partial charge in [0, 0.05) is 0 Å². The summed E-state index contributed by atoms with van der Waals surface area (Å²) in [6, 6.07) is 9.20. The predicted octanol–water partition coefficient (Wildman–Crippen LogP) is 9.03. The zero-order valence-corrected chi connectivity index (χ0v) is 26.0. The molecular formula is C28H37Cl2SiZr.